The first-order chi connectivity index (χ1) is 13.8. The van der Waals surface area contributed by atoms with Gasteiger partial charge in [0.2, 0.25) is 11.7 Å². The van der Waals surface area contributed by atoms with Crippen LogP contribution >= 0.6 is 27.5 Å². The van der Waals surface area contributed by atoms with E-state index in [0.717, 1.165) is 29.3 Å². The molecule has 7 nitrogen and oxygen atoms in total. The van der Waals surface area contributed by atoms with Crippen molar-refractivity contribution in [3.8, 4) is 5.88 Å². The molecule has 2 aliphatic rings. The molecule has 2 atom stereocenters. The third-order valence-electron chi connectivity index (χ3n) is 5.55. The molecule has 154 valence electrons. The molecular formula is C20H21BrClN3O4. The van der Waals surface area contributed by atoms with Crippen LogP contribution in [-0.4, -0.2) is 48.1 Å². The van der Waals surface area contributed by atoms with Gasteiger partial charge >= 0.3 is 0 Å². The smallest absolute Gasteiger partial charge is 0.290 e. The van der Waals surface area contributed by atoms with Gasteiger partial charge in [-0.25, -0.2) is 0 Å². The molecule has 1 aromatic carbocycles. The Morgan fingerprint density at radius 1 is 1.41 bits per heavy atom. The number of carbonyl (C=O) groups is 2. The van der Waals surface area contributed by atoms with E-state index in [1.54, 1.807) is 11.9 Å². The zero-order chi connectivity index (χ0) is 20.8. The fraction of sp³-hybridized carbons (Fsp3) is 0.450. The first-order valence-electron chi connectivity index (χ1n) is 9.35. The lowest BCUT2D eigenvalue weighted by atomic mass is 10.1. The highest BCUT2D eigenvalue weighted by Gasteiger charge is 2.50. The van der Waals surface area contributed by atoms with E-state index in [-0.39, 0.29) is 35.3 Å². The number of hydrogen-bond acceptors (Lipinski definition) is 5. The Labute approximate surface area is 181 Å². The molecule has 0 spiro atoms. The van der Waals surface area contributed by atoms with Gasteiger partial charge in [-0.1, -0.05) is 17.7 Å². The fourth-order valence-electron chi connectivity index (χ4n) is 3.63. The zero-order valence-electron chi connectivity index (χ0n) is 16.1. The van der Waals surface area contributed by atoms with Gasteiger partial charge in [-0.2, -0.15) is 0 Å². The number of likely N-dealkylation sites (N-methyl/N-ethyl adjacent to an activating group) is 1. The fourth-order valence-corrected chi connectivity index (χ4v) is 4.07. The normalized spacial score (nSPS) is 21.4. The van der Waals surface area contributed by atoms with Gasteiger partial charge in [0.05, 0.1) is 23.7 Å². The average Bonchev–Trinajstić information content (AvgIpc) is 3.60. The first-order valence-corrected chi connectivity index (χ1v) is 10.5. The SMILES string of the molecule is COc1cc(C(=O)NC2(CN(C)C(=O)[C@@H]3C[C@H]3c3ccc(Br)c(Cl)c3)CC2)on1. The molecule has 29 heavy (non-hydrogen) atoms. The van der Waals surface area contributed by atoms with Crippen molar-refractivity contribution in [3.05, 3.63) is 45.1 Å². The molecule has 4 rings (SSSR count). The molecule has 1 N–H and O–H groups in total. The standard InChI is InChI=1S/C20H21BrClN3O4/c1-25(19(27)13-8-12(13)11-3-4-14(21)15(22)7-11)10-20(5-6-20)23-18(26)16-9-17(28-2)24-29-16/h3-4,7,9,12-13H,5-6,8,10H2,1-2H3,(H,23,26)/t12-,13+/m0/s1. The van der Waals surface area contributed by atoms with Gasteiger partial charge in [-0.3, -0.25) is 9.59 Å². The Balaban J connectivity index is 1.34. The summed E-state index contributed by atoms with van der Waals surface area (Å²) in [6, 6.07) is 7.27. The molecule has 0 saturated heterocycles. The first kappa shape index (κ1) is 20.2. The summed E-state index contributed by atoms with van der Waals surface area (Å²) in [4.78, 5) is 27.0. The monoisotopic (exact) mass is 481 g/mol. The molecule has 2 saturated carbocycles. The Kier molecular flexibility index (Phi) is 5.33. The van der Waals surface area contributed by atoms with Crippen LogP contribution in [0.1, 0.15) is 41.3 Å². The molecule has 2 aromatic rings. The molecule has 2 aliphatic carbocycles. The summed E-state index contributed by atoms with van der Waals surface area (Å²) < 4.78 is 10.8. The van der Waals surface area contributed by atoms with Crippen molar-refractivity contribution in [2.75, 3.05) is 20.7 Å². The van der Waals surface area contributed by atoms with Crippen LogP contribution in [-0.2, 0) is 4.79 Å². The van der Waals surface area contributed by atoms with Crippen LogP contribution in [0.25, 0.3) is 0 Å². The molecule has 2 amide bonds. The number of aromatic nitrogens is 1. The molecule has 0 aliphatic heterocycles. The summed E-state index contributed by atoms with van der Waals surface area (Å²) in [5.74, 6) is 0.240. The van der Waals surface area contributed by atoms with E-state index < -0.39 is 5.54 Å². The van der Waals surface area contributed by atoms with E-state index in [9.17, 15) is 9.59 Å². The van der Waals surface area contributed by atoms with E-state index in [1.165, 1.54) is 13.2 Å². The van der Waals surface area contributed by atoms with Crippen LogP contribution in [0, 0.1) is 5.92 Å². The lowest BCUT2D eigenvalue weighted by Gasteiger charge is -2.25. The highest BCUT2D eigenvalue weighted by atomic mass is 79.9. The molecule has 9 heteroatoms. The van der Waals surface area contributed by atoms with Crippen LogP contribution in [0.5, 0.6) is 5.88 Å². The maximum atomic E-state index is 12.9. The summed E-state index contributed by atoms with van der Waals surface area (Å²) in [6.45, 7) is 0.465. The van der Waals surface area contributed by atoms with Crippen LogP contribution in [0.2, 0.25) is 5.02 Å². The van der Waals surface area contributed by atoms with Crippen LogP contribution in [0.15, 0.2) is 33.3 Å². The van der Waals surface area contributed by atoms with E-state index in [4.69, 9.17) is 20.9 Å². The number of benzene rings is 1. The number of rotatable bonds is 7. The van der Waals surface area contributed by atoms with Gasteiger partial charge in [-0.05, 0) is 64.0 Å². The molecule has 0 unspecified atom stereocenters. The van der Waals surface area contributed by atoms with Crippen molar-refractivity contribution in [1.29, 1.82) is 0 Å². The predicted molar refractivity (Wildman–Crippen MR) is 110 cm³/mol. The van der Waals surface area contributed by atoms with Crippen LogP contribution < -0.4 is 10.1 Å². The Morgan fingerprint density at radius 3 is 2.79 bits per heavy atom. The molecular weight excluding hydrogens is 462 g/mol. The van der Waals surface area contributed by atoms with Gasteiger partial charge in [0.25, 0.3) is 11.8 Å². The van der Waals surface area contributed by atoms with Crippen LogP contribution in [0.4, 0.5) is 0 Å². The van der Waals surface area contributed by atoms with Crippen molar-refractivity contribution in [1.82, 2.24) is 15.4 Å². The summed E-state index contributed by atoms with van der Waals surface area (Å²) in [5.41, 5.74) is 0.672. The summed E-state index contributed by atoms with van der Waals surface area (Å²) in [6.07, 6.45) is 2.45. The molecule has 2 fully saturated rings. The van der Waals surface area contributed by atoms with E-state index in [1.807, 2.05) is 18.2 Å². The number of ether oxygens (including phenoxy) is 1. The molecule has 1 aromatic heterocycles. The second kappa shape index (κ2) is 7.65. The number of hydrogen-bond donors (Lipinski definition) is 1. The molecule has 0 bridgehead atoms. The Bertz CT molecular complexity index is 959. The molecule has 1 heterocycles. The lowest BCUT2D eigenvalue weighted by molar-refractivity contribution is -0.131. The summed E-state index contributed by atoms with van der Waals surface area (Å²) in [5, 5.41) is 7.27. The van der Waals surface area contributed by atoms with Crippen molar-refractivity contribution in [2.24, 2.45) is 5.92 Å². The number of halogens is 2. The maximum Gasteiger partial charge on any atom is 0.290 e. The summed E-state index contributed by atoms with van der Waals surface area (Å²) >= 11 is 9.57. The van der Waals surface area contributed by atoms with Crippen molar-refractivity contribution < 1.29 is 18.8 Å². The Morgan fingerprint density at radius 2 is 2.17 bits per heavy atom. The quantitative estimate of drug-likeness (QED) is 0.651. The minimum Gasteiger partial charge on any atom is -0.479 e. The van der Waals surface area contributed by atoms with E-state index in [0.29, 0.717) is 11.6 Å². The summed E-state index contributed by atoms with van der Waals surface area (Å²) in [7, 11) is 3.24. The van der Waals surface area contributed by atoms with Gasteiger partial charge in [0.1, 0.15) is 0 Å². The predicted octanol–water partition coefficient (Wildman–Crippen LogP) is 3.62. The van der Waals surface area contributed by atoms with E-state index >= 15 is 0 Å². The zero-order valence-corrected chi connectivity index (χ0v) is 18.4. The van der Waals surface area contributed by atoms with Gasteiger partial charge in [-0.15, -0.1) is 0 Å². The molecule has 0 radical (unpaired) electrons. The third-order valence-corrected chi connectivity index (χ3v) is 6.78. The number of nitrogens with one attached hydrogen (secondary N) is 1. The number of carbonyl (C=O) groups excluding carboxylic acids is 2. The van der Waals surface area contributed by atoms with Gasteiger partial charge in [0, 0.05) is 24.0 Å². The van der Waals surface area contributed by atoms with Crippen LogP contribution in [0.3, 0.4) is 0 Å². The number of methoxy groups -OCH3 is 1. The third kappa shape index (κ3) is 4.28. The maximum absolute atomic E-state index is 12.9. The van der Waals surface area contributed by atoms with Crippen molar-refractivity contribution >= 4 is 39.3 Å². The highest BCUT2D eigenvalue weighted by Crippen LogP contribution is 2.49. The Hall–Kier alpha value is -2.06. The second-order valence-corrected chi connectivity index (χ2v) is 9.05. The minimum atomic E-state index is -0.410. The minimum absolute atomic E-state index is 0.0396. The second-order valence-electron chi connectivity index (χ2n) is 7.78. The van der Waals surface area contributed by atoms with Gasteiger partial charge in [0.15, 0.2) is 0 Å². The van der Waals surface area contributed by atoms with Crippen molar-refractivity contribution in [3.63, 3.8) is 0 Å². The highest BCUT2D eigenvalue weighted by molar-refractivity contribution is 9.10. The van der Waals surface area contributed by atoms with Gasteiger partial charge < -0.3 is 19.5 Å². The largest absolute Gasteiger partial charge is 0.479 e. The number of amides is 2. The average molecular weight is 483 g/mol. The lowest BCUT2D eigenvalue weighted by Crippen LogP contribution is -2.46. The van der Waals surface area contributed by atoms with Crippen molar-refractivity contribution in [2.45, 2.75) is 30.7 Å². The topological polar surface area (TPSA) is 84.7 Å². The number of nitrogens with zero attached hydrogens (tertiary/aromatic N) is 2. The van der Waals surface area contributed by atoms with E-state index in [2.05, 4.69) is 26.4 Å².